The van der Waals surface area contributed by atoms with Gasteiger partial charge in [-0.3, -0.25) is 4.68 Å². The van der Waals surface area contributed by atoms with Gasteiger partial charge < -0.3 is 9.64 Å². The molecule has 0 bridgehead atoms. The Kier molecular flexibility index (Phi) is 1.84. The lowest BCUT2D eigenvalue weighted by atomic mass is 10.1. The highest BCUT2D eigenvalue weighted by atomic mass is 16.5. The minimum Gasteiger partial charge on any atom is -0.366 e. The number of aromatic nitrogens is 2. The molecule has 1 atom stereocenters. The molecule has 0 saturated heterocycles. The highest BCUT2D eigenvalue weighted by Gasteiger charge is 2.17. The molecule has 1 aromatic carbocycles. The van der Waals surface area contributed by atoms with Crippen LogP contribution in [0.5, 0.6) is 0 Å². The summed E-state index contributed by atoms with van der Waals surface area (Å²) in [6.07, 6.45) is -3.34. The molecule has 0 fully saturated rings. The molecule has 2 rings (SSSR count). The van der Waals surface area contributed by atoms with E-state index in [-0.39, 0.29) is 5.56 Å². The topological polar surface area (TPSA) is 30.3 Å². The second-order valence-electron chi connectivity index (χ2n) is 3.79. The number of rotatable bonds is 6. The van der Waals surface area contributed by atoms with Gasteiger partial charge in [0.1, 0.15) is 6.08 Å². The summed E-state index contributed by atoms with van der Waals surface area (Å²) >= 11 is 0. The average molecular weight is 270 g/mol. The van der Waals surface area contributed by atoms with Crippen molar-refractivity contribution in [1.82, 2.24) is 14.7 Å². The highest BCUT2D eigenvalue weighted by molar-refractivity contribution is 5.25. The van der Waals surface area contributed by atoms with Gasteiger partial charge in [-0.1, -0.05) is 30.3 Å². The molecular formula is C15H21N3O. The Labute approximate surface area is 130 Å². The zero-order valence-electron chi connectivity index (χ0n) is 21.3. The molecule has 0 N–H and O–H groups in total. The van der Waals surface area contributed by atoms with Crippen LogP contribution >= 0.6 is 0 Å². The maximum absolute atomic E-state index is 8.90. The first kappa shape index (κ1) is 5.38. The first-order chi connectivity index (χ1) is 13.5. The largest absolute Gasteiger partial charge is 0.366 e. The summed E-state index contributed by atoms with van der Waals surface area (Å²) in [5.41, 5.74) is -0.691. The molecule has 0 aliphatic carbocycles. The van der Waals surface area contributed by atoms with Crippen LogP contribution < -0.4 is 0 Å². The zero-order chi connectivity index (χ0) is 23.1. The average Bonchev–Trinajstić information content (AvgIpc) is 2.90. The Morgan fingerprint density at radius 3 is 3.16 bits per heavy atom. The second-order valence-corrected chi connectivity index (χ2v) is 3.79. The van der Waals surface area contributed by atoms with E-state index in [1.54, 1.807) is 6.07 Å². The van der Waals surface area contributed by atoms with Crippen molar-refractivity contribution >= 4 is 0 Å². The van der Waals surface area contributed by atoms with Crippen molar-refractivity contribution in [2.45, 2.75) is 6.08 Å². The lowest BCUT2D eigenvalue weighted by molar-refractivity contribution is 0.0638. The van der Waals surface area contributed by atoms with Gasteiger partial charge in [-0.2, -0.15) is 5.10 Å². The van der Waals surface area contributed by atoms with Crippen molar-refractivity contribution in [2.75, 3.05) is 27.1 Å². The van der Waals surface area contributed by atoms with E-state index in [9.17, 15) is 0 Å². The molecule has 0 amide bonds. The molecule has 0 radical (unpaired) electrons. The summed E-state index contributed by atoms with van der Waals surface area (Å²) in [6, 6.07) is 6.65. The smallest absolute Gasteiger partial charge is 0.124 e. The van der Waals surface area contributed by atoms with E-state index in [1.165, 1.54) is 24.3 Å². The first-order valence-electron chi connectivity index (χ1n) is 11.0. The van der Waals surface area contributed by atoms with Crippen LogP contribution in [0.3, 0.4) is 0 Å². The molecular weight excluding hydrogens is 238 g/mol. The van der Waals surface area contributed by atoms with Gasteiger partial charge in [0.2, 0.25) is 0 Å². The molecule has 2 aromatic rings. The number of aryl methyl sites for hydroxylation is 1. The molecule has 0 aliphatic heterocycles. The second kappa shape index (κ2) is 6.50. The van der Waals surface area contributed by atoms with E-state index in [4.69, 9.17) is 19.8 Å². The van der Waals surface area contributed by atoms with Crippen LogP contribution in [0.1, 0.15) is 32.4 Å². The van der Waals surface area contributed by atoms with Gasteiger partial charge >= 0.3 is 0 Å². The minimum atomic E-state index is -2.98. The van der Waals surface area contributed by atoms with Crippen molar-refractivity contribution in [3.8, 4) is 0 Å². The van der Waals surface area contributed by atoms with Crippen LogP contribution in [0.4, 0.5) is 0 Å². The molecule has 0 spiro atoms. The van der Waals surface area contributed by atoms with Gasteiger partial charge in [0.15, 0.2) is 0 Å². The van der Waals surface area contributed by atoms with Gasteiger partial charge in [-0.15, -0.1) is 0 Å². The number of likely N-dealkylation sites (N-methyl/N-ethyl adjacent to an activating group) is 1. The summed E-state index contributed by atoms with van der Waals surface area (Å²) in [7, 11) is 1.15. The molecule has 4 heteroatoms. The normalized spacial score (nSPS) is 25.1. The van der Waals surface area contributed by atoms with E-state index in [2.05, 4.69) is 5.10 Å². The van der Waals surface area contributed by atoms with Gasteiger partial charge in [-0.25, -0.2) is 0 Å². The van der Waals surface area contributed by atoms with Gasteiger partial charge in [0.25, 0.3) is 0 Å². The Morgan fingerprint density at radius 1 is 1.58 bits per heavy atom. The Hall–Kier alpha value is -1.65. The predicted octanol–water partition coefficient (Wildman–Crippen LogP) is 2.09. The Bertz CT molecular complexity index is 878. The molecule has 102 valence electrons. The van der Waals surface area contributed by atoms with Crippen molar-refractivity contribution in [2.24, 2.45) is 6.98 Å². The maximum Gasteiger partial charge on any atom is 0.124 e. The molecule has 4 nitrogen and oxygen atoms in total. The monoisotopic (exact) mass is 270 g/mol. The van der Waals surface area contributed by atoms with E-state index < -0.39 is 51.0 Å². The summed E-state index contributed by atoms with van der Waals surface area (Å²) in [6.45, 7) is -9.14. The zero-order valence-corrected chi connectivity index (χ0v) is 10.3. The third-order valence-electron chi connectivity index (χ3n) is 2.26. The van der Waals surface area contributed by atoms with Crippen molar-refractivity contribution in [3.05, 3.63) is 53.8 Å². The van der Waals surface area contributed by atoms with Crippen LogP contribution in [0.25, 0.3) is 0 Å². The van der Waals surface area contributed by atoms with Crippen LogP contribution in [0.15, 0.2) is 42.5 Å². The quantitative estimate of drug-likeness (QED) is 0.805. The SMILES string of the molecule is [2H]c1nn(C([2H])([2H])[2H])c(C([2H])(OC([2H])([2H])CN(C)C([2H])([2H])[2H])c2ccccc2)c1[2H]. The van der Waals surface area contributed by atoms with Crippen molar-refractivity contribution in [1.29, 1.82) is 0 Å². The van der Waals surface area contributed by atoms with Crippen LogP contribution in [0.2, 0.25) is 0 Å². The summed E-state index contributed by atoms with van der Waals surface area (Å²) in [5.74, 6) is 0. The van der Waals surface area contributed by atoms with Crippen molar-refractivity contribution < 1.29 is 19.8 Å². The van der Waals surface area contributed by atoms with Gasteiger partial charge in [-0.05, 0) is 25.6 Å². The van der Waals surface area contributed by atoms with E-state index in [0.29, 0.717) is 9.58 Å². The molecule has 1 aromatic heterocycles. The number of nitrogens with zero attached hydrogens (tertiary/aromatic N) is 3. The first-order valence-corrected chi connectivity index (χ1v) is 5.53. The fourth-order valence-electron chi connectivity index (χ4n) is 1.42. The minimum absolute atomic E-state index is 0.0238. The van der Waals surface area contributed by atoms with E-state index in [0.717, 1.165) is 7.05 Å². The molecule has 0 aliphatic rings. The molecule has 19 heavy (non-hydrogen) atoms. The third kappa shape index (κ3) is 3.66. The van der Waals surface area contributed by atoms with E-state index >= 15 is 0 Å². The van der Waals surface area contributed by atoms with Crippen molar-refractivity contribution in [3.63, 3.8) is 0 Å². The Morgan fingerprint density at radius 2 is 2.42 bits per heavy atom. The molecule has 0 saturated carbocycles. The highest BCUT2D eigenvalue weighted by Crippen LogP contribution is 2.25. The summed E-state index contributed by atoms with van der Waals surface area (Å²) < 4.78 is 91.8. The molecule has 1 heterocycles. The lowest BCUT2D eigenvalue weighted by Crippen LogP contribution is -2.20. The summed E-state index contributed by atoms with van der Waals surface area (Å²) in [5, 5.41) is 3.51. The van der Waals surface area contributed by atoms with Crippen LogP contribution in [-0.2, 0) is 11.7 Å². The summed E-state index contributed by atoms with van der Waals surface area (Å²) in [4.78, 5) is 0.705. The van der Waals surface area contributed by atoms with E-state index in [1.807, 2.05) is 0 Å². The number of hydrogen-bond donors (Lipinski definition) is 0. The number of hydrogen-bond acceptors (Lipinski definition) is 3. The van der Waals surface area contributed by atoms with Gasteiger partial charge in [0.05, 0.1) is 19.1 Å². The fraction of sp³-hybridized carbons (Fsp3) is 0.400. The predicted molar refractivity (Wildman–Crippen MR) is 76.0 cm³/mol. The maximum atomic E-state index is 8.90. The number of benzene rings is 1. The third-order valence-corrected chi connectivity index (χ3v) is 2.26. The fourth-order valence-corrected chi connectivity index (χ4v) is 1.42. The number of ether oxygens (including phenoxy) is 1. The molecule has 1 unspecified atom stereocenters. The Balaban J connectivity index is 2.66. The lowest BCUT2D eigenvalue weighted by Gasteiger charge is -2.20. The standard InChI is InChI=1S/C15H21N3O/c1-17(2)11-12-19-15(13-7-5-4-6-8-13)14-9-10-16-18(14)3/h4-10,15H,11-12H2,1-3H3/i1D3,3D3,9D,10D,12D2,15D. The van der Waals surface area contributed by atoms with Gasteiger partial charge in [0, 0.05) is 27.9 Å². The van der Waals surface area contributed by atoms with Crippen LogP contribution in [0, 0.1) is 0 Å². The van der Waals surface area contributed by atoms with Crippen LogP contribution in [-0.4, -0.2) is 41.8 Å².